The lowest BCUT2D eigenvalue weighted by molar-refractivity contribution is 0.000750. The number of hydrogen-bond acceptors (Lipinski definition) is 9. The first-order valence-electron chi connectivity index (χ1n) is 10.3. The van der Waals surface area contributed by atoms with Gasteiger partial charge in [0.1, 0.15) is 6.61 Å². The van der Waals surface area contributed by atoms with Gasteiger partial charge in [-0.1, -0.05) is 0 Å². The summed E-state index contributed by atoms with van der Waals surface area (Å²) in [5, 5.41) is 11.2. The second-order valence-electron chi connectivity index (χ2n) is 5.71. The molecule has 0 bridgehead atoms. The van der Waals surface area contributed by atoms with Crippen LogP contribution in [0, 0.1) is 0 Å². The predicted octanol–water partition coefficient (Wildman–Crippen LogP) is 1.19. The van der Waals surface area contributed by atoms with Gasteiger partial charge in [0, 0.05) is 32.4 Å². The van der Waals surface area contributed by atoms with E-state index >= 15 is 0 Å². The van der Waals surface area contributed by atoms with Gasteiger partial charge in [0.25, 0.3) is 0 Å². The molecule has 0 saturated carbocycles. The van der Waals surface area contributed by atoms with E-state index in [1.165, 1.54) is 0 Å². The molecule has 0 aliphatic rings. The Morgan fingerprint density at radius 3 is 1.76 bits per heavy atom. The molecular formula is C18H39NO9Si. The van der Waals surface area contributed by atoms with E-state index in [4.69, 9.17) is 37.3 Å². The van der Waals surface area contributed by atoms with E-state index in [2.05, 4.69) is 5.32 Å². The highest BCUT2D eigenvalue weighted by molar-refractivity contribution is 6.60. The van der Waals surface area contributed by atoms with Crippen LogP contribution in [-0.4, -0.2) is 99.2 Å². The molecule has 10 nitrogen and oxygen atoms in total. The number of nitrogens with one attached hydrogen (secondary N) is 1. The van der Waals surface area contributed by atoms with E-state index in [0.29, 0.717) is 78.5 Å². The summed E-state index contributed by atoms with van der Waals surface area (Å²) < 4.78 is 38.0. The van der Waals surface area contributed by atoms with Crippen LogP contribution in [0.25, 0.3) is 0 Å². The minimum atomic E-state index is -2.67. The summed E-state index contributed by atoms with van der Waals surface area (Å²) in [5.41, 5.74) is 0. The number of carbonyl (C=O) groups excluding carboxylic acids is 1. The van der Waals surface area contributed by atoms with Crippen LogP contribution in [0.4, 0.5) is 4.79 Å². The van der Waals surface area contributed by atoms with E-state index in [1.807, 2.05) is 20.8 Å². The van der Waals surface area contributed by atoms with Crippen LogP contribution in [0.15, 0.2) is 0 Å². The van der Waals surface area contributed by atoms with Gasteiger partial charge in [-0.2, -0.15) is 0 Å². The highest BCUT2D eigenvalue weighted by Gasteiger charge is 2.39. The predicted molar refractivity (Wildman–Crippen MR) is 109 cm³/mol. The van der Waals surface area contributed by atoms with Gasteiger partial charge in [-0.25, -0.2) is 4.79 Å². The first-order chi connectivity index (χ1) is 14.1. The van der Waals surface area contributed by atoms with E-state index in [0.717, 1.165) is 0 Å². The SMILES string of the molecule is CCO[Si](CCCNC(=O)OCCOCCOCCOCCO)(OCC)OCC. The minimum Gasteiger partial charge on any atom is -0.447 e. The van der Waals surface area contributed by atoms with Gasteiger partial charge in [-0.15, -0.1) is 0 Å². The summed E-state index contributed by atoms with van der Waals surface area (Å²) in [6, 6.07) is 0.636. The van der Waals surface area contributed by atoms with Crippen LogP contribution in [0.3, 0.4) is 0 Å². The van der Waals surface area contributed by atoms with Crippen molar-refractivity contribution in [3.63, 3.8) is 0 Å². The normalized spacial score (nSPS) is 11.6. The molecule has 11 heteroatoms. The molecule has 0 unspecified atom stereocenters. The van der Waals surface area contributed by atoms with Crippen molar-refractivity contribution in [2.45, 2.75) is 33.2 Å². The highest BCUT2D eigenvalue weighted by Crippen LogP contribution is 2.17. The van der Waals surface area contributed by atoms with Crippen molar-refractivity contribution >= 4 is 14.9 Å². The van der Waals surface area contributed by atoms with E-state index in [-0.39, 0.29) is 13.2 Å². The summed E-state index contributed by atoms with van der Waals surface area (Å²) in [4.78, 5) is 11.7. The Balaban J connectivity index is 3.66. The van der Waals surface area contributed by atoms with Gasteiger partial charge in [0.05, 0.1) is 46.2 Å². The Bertz CT molecular complexity index is 360. The van der Waals surface area contributed by atoms with Gasteiger partial charge in [-0.05, 0) is 27.2 Å². The van der Waals surface area contributed by atoms with Crippen LogP contribution in [0.1, 0.15) is 27.2 Å². The second-order valence-corrected chi connectivity index (χ2v) is 8.44. The first-order valence-corrected chi connectivity index (χ1v) is 12.2. The monoisotopic (exact) mass is 441 g/mol. The molecule has 0 saturated heterocycles. The van der Waals surface area contributed by atoms with Crippen molar-refractivity contribution < 1.29 is 42.1 Å². The number of aliphatic hydroxyl groups excluding tert-OH is 1. The molecule has 0 fully saturated rings. The zero-order valence-electron chi connectivity index (χ0n) is 18.1. The second kappa shape index (κ2) is 20.5. The molecule has 29 heavy (non-hydrogen) atoms. The zero-order chi connectivity index (χ0) is 21.6. The maximum atomic E-state index is 11.7. The quantitative estimate of drug-likeness (QED) is 0.200. The number of hydrogen-bond donors (Lipinski definition) is 2. The molecule has 0 spiro atoms. The van der Waals surface area contributed by atoms with Crippen LogP contribution in [-0.2, 0) is 32.2 Å². The molecule has 174 valence electrons. The summed E-state index contributed by atoms with van der Waals surface area (Å²) in [6.45, 7) is 10.3. The molecule has 0 aromatic heterocycles. The Labute approximate surface area is 175 Å². The lowest BCUT2D eigenvalue weighted by Crippen LogP contribution is -2.46. The summed E-state index contributed by atoms with van der Waals surface area (Å²) >= 11 is 0. The lowest BCUT2D eigenvalue weighted by atomic mass is 10.5. The standard InChI is InChI=1S/C18H39NO9Si/c1-4-26-29(27-5-2,28-6-3)17-7-8-19-18(21)25-16-15-24-14-13-23-12-11-22-10-9-20/h20H,4-17H2,1-3H3,(H,19,21). The Morgan fingerprint density at radius 1 is 0.793 bits per heavy atom. The summed E-state index contributed by atoms with van der Waals surface area (Å²) in [5.74, 6) is 0. The Morgan fingerprint density at radius 2 is 1.28 bits per heavy atom. The van der Waals surface area contributed by atoms with E-state index < -0.39 is 14.9 Å². The number of carbonyl (C=O) groups is 1. The fourth-order valence-corrected chi connectivity index (χ4v) is 4.96. The van der Waals surface area contributed by atoms with Crippen molar-refractivity contribution in [1.29, 1.82) is 0 Å². The van der Waals surface area contributed by atoms with Crippen molar-refractivity contribution in [1.82, 2.24) is 5.32 Å². The maximum absolute atomic E-state index is 11.7. The molecule has 0 aromatic rings. The van der Waals surface area contributed by atoms with Gasteiger partial charge in [0.2, 0.25) is 0 Å². The molecule has 0 aliphatic carbocycles. The van der Waals surface area contributed by atoms with Crippen molar-refractivity contribution in [3.05, 3.63) is 0 Å². The average molecular weight is 442 g/mol. The smallest absolute Gasteiger partial charge is 0.447 e. The number of rotatable bonds is 21. The number of amides is 1. The largest absolute Gasteiger partial charge is 0.500 e. The van der Waals surface area contributed by atoms with Crippen molar-refractivity contribution in [2.75, 3.05) is 79.2 Å². The van der Waals surface area contributed by atoms with Crippen LogP contribution >= 0.6 is 0 Å². The van der Waals surface area contributed by atoms with Crippen molar-refractivity contribution in [3.8, 4) is 0 Å². The van der Waals surface area contributed by atoms with Gasteiger partial charge >= 0.3 is 14.9 Å². The maximum Gasteiger partial charge on any atom is 0.500 e. The Hall–Kier alpha value is -0.793. The highest BCUT2D eigenvalue weighted by atomic mass is 28.4. The van der Waals surface area contributed by atoms with E-state index in [9.17, 15) is 4.79 Å². The van der Waals surface area contributed by atoms with Crippen molar-refractivity contribution in [2.24, 2.45) is 0 Å². The van der Waals surface area contributed by atoms with Crippen LogP contribution < -0.4 is 5.32 Å². The number of ether oxygens (including phenoxy) is 4. The number of alkyl carbamates (subject to hydrolysis) is 1. The van der Waals surface area contributed by atoms with Gasteiger partial charge in [0.15, 0.2) is 0 Å². The average Bonchev–Trinajstić information content (AvgIpc) is 2.70. The molecular weight excluding hydrogens is 402 g/mol. The van der Waals surface area contributed by atoms with Crippen LogP contribution in [0.2, 0.25) is 6.04 Å². The topological polar surface area (TPSA) is 114 Å². The molecule has 2 N–H and O–H groups in total. The summed E-state index contributed by atoms with van der Waals surface area (Å²) in [7, 11) is -2.67. The zero-order valence-corrected chi connectivity index (χ0v) is 19.1. The van der Waals surface area contributed by atoms with Crippen LogP contribution in [0.5, 0.6) is 0 Å². The third kappa shape index (κ3) is 16.7. The third-order valence-electron chi connectivity index (χ3n) is 3.46. The third-order valence-corrected chi connectivity index (χ3v) is 6.61. The molecule has 0 atom stereocenters. The molecule has 0 aromatic carbocycles. The number of aliphatic hydroxyl groups is 1. The fourth-order valence-electron chi connectivity index (χ4n) is 2.35. The molecule has 0 radical (unpaired) electrons. The van der Waals surface area contributed by atoms with Gasteiger partial charge < -0.3 is 42.6 Å². The minimum absolute atomic E-state index is 0.00696. The summed E-state index contributed by atoms with van der Waals surface area (Å²) in [6.07, 6.45) is 0.194. The lowest BCUT2D eigenvalue weighted by Gasteiger charge is -2.28. The Kier molecular flexibility index (Phi) is 19.9. The molecule has 0 aliphatic heterocycles. The molecule has 0 rings (SSSR count). The van der Waals surface area contributed by atoms with E-state index in [1.54, 1.807) is 0 Å². The molecule has 1 amide bonds. The first kappa shape index (κ1) is 28.2. The molecule has 0 heterocycles. The fraction of sp³-hybridized carbons (Fsp3) is 0.944. The van der Waals surface area contributed by atoms with Gasteiger partial charge in [-0.3, -0.25) is 0 Å².